The van der Waals surface area contributed by atoms with E-state index in [0.717, 1.165) is 29.5 Å². The van der Waals surface area contributed by atoms with Crippen molar-refractivity contribution in [3.05, 3.63) is 17.5 Å². The van der Waals surface area contributed by atoms with Crippen molar-refractivity contribution in [1.82, 2.24) is 15.3 Å². The second-order valence-corrected chi connectivity index (χ2v) is 6.07. The highest BCUT2D eigenvalue weighted by Crippen LogP contribution is 2.23. The van der Waals surface area contributed by atoms with E-state index in [1.807, 2.05) is 19.9 Å². The quantitative estimate of drug-likeness (QED) is 0.607. The molecule has 0 aliphatic heterocycles. The van der Waals surface area contributed by atoms with E-state index in [0.29, 0.717) is 11.3 Å². The van der Waals surface area contributed by atoms with E-state index < -0.39 is 0 Å². The summed E-state index contributed by atoms with van der Waals surface area (Å²) in [6, 6.07) is 2.54. The van der Waals surface area contributed by atoms with Crippen LogP contribution in [0.2, 0.25) is 0 Å². The first-order valence-corrected chi connectivity index (χ1v) is 7.67. The van der Waals surface area contributed by atoms with Gasteiger partial charge in [-0.1, -0.05) is 32.5 Å². The molecule has 0 aliphatic carbocycles. The van der Waals surface area contributed by atoms with Crippen LogP contribution in [-0.4, -0.2) is 27.8 Å². The van der Waals surface area contributed by atoms with Gasteiger partial charge in [-0.3, -0.25) is 0 Å². The van der Waals surface area contributed by atoms with Gasteiger partial charge in [-0.15, -0.1) is 0 Å². The summed E-state index contributed by atoms with van der Waals surface area (Å²) in [4.78, 5) is 8.99. The summed E-state index contributed by atoms with van der Waals surface area (Å²) in [6.07, 6.45) is 2.31. The lowest BCUT2D eigenvalue weighted by Gasteiger charge is -2.23. The van der Waals surface area contributed by atoms with Crippen LogP contribution in [0.3, 0.4) is 0 Å². The number of aromatic nitrogens is 2. The summed E-state index contributed by atoms with van der Waals surface area (Å²) in [5.74, 6) is 0. The average molecular weight is 267 g/mol. The van der Waals surface area contributed by atoms with Gasteiger partial charge in [-0.05, 0) is 39.3 Å². The molecule has 0 aliphatic rings. The second kappa shape index (κ2) is 7.74. The summed E-state index contributed by atoms with van der Waals surface area (Å²) >= 11 is 1.77. The maximum Gasteiger partial charge on any atom is 0.188 e. The van der Waals surface area contributed by atoms with Crippen LogP contribution in [0.5, 0.6) is 0 Å². The van der Waals surface area contributed by atoms with Crippen LogP contribution in [0.15, 0.2) is 11.2 Å². The molecule has 0 aromatic carbocycles. The van der Waals surface area contributed by atoms with Gasteiger partial charge in [0.05, 0.1) is 0 Å². The van der Waals surface area contributed by atoms with Gasteiger partial charge < -0.3 is 5.32 Å². The highest BCUT2D eigenvalue weighted by atomic mass is 32.2. The molecule has 0 fully saturated rings. The third-order valence-electron chi connectivity index (χ3n) is 2.92. The van der Waals surface area contributed by atoms with Crippen LogP contribution in [0.1, 0.15) is 45.0 Å². The van der Waals surface area contributed by atoms with Gasteiger partial charge in [0.2, 0.25) is 0 Å². The lowest BCUT2D eigenvalue weighted by Crippen LogP contribution is -2.36. The number of nitrogens with zero attached hydrogens (tertiary/aromatic N) is 2. The Morgan fingerprint density at radius 3 is 2.33 bits per heavy atom. The summed E-state index contributed by atoms with van der Waals surface area (Å²) in [6.45, 7) is 11.8. The van der Waals surface area contributed by atoms with Gasteiger partial charge in [0.1, 0.15) is 0 Å². The minimum Gasteiger partial charge on any atom is -0.313 e. The molecule has 0 spiro atoms. The largest absolute Gasteiger partial charge is 0.313 e. The van der Waals surface area contributed by atoms with E-state index in [2.05, 4.69) is 36.1 Å². The van der Waals surface area contributed by atoms with Gasteiger partial charge in [-0.2, -0.15) is 0 Å². The van der Waals surface area contributed by atoms with Gasteiger partial charge >= 0.3 is 0 Å². The zero-order chi connectivity index (χ0) is 13.5. The molecule has 2 atom stereocenters. The van der Waals surface area contributed by atoms with Crippen molar-refractivity contribution in [3.8, 4) is 0 Å². The minimum atomic E-state index is 0.489. The van der Waals surface area contributed by atoms with Crippen LogP contribution in [0, 0.1) is 13.8 Å². The number of aryl methyl sites for hydroxylation is 2. The predicted molar refractivity (Wildman–Crippen MR) is 79.2 cm³/mol. The number of thioether (sulfide) groups is 1. The standard InChI is InChI=1S/C14H25N3S/c1-6-8-15-13(7-2)12(5)18-14-16-10(3)9-11(4)17-14/h9,12-13,15H,6-8H2,1-5H3. The zero-order valence-electron chi connectivity index (χ0n) is 12.2. The van der Waals surface area contributed by atoms with E-state index in [4.69, 9.17) is 0 Å². The average Bonchev–Trinajstić information content (AvgIpc) is 2.28. The Kier molecular flexibility index (Phi) is 6.65. The smallest absolute Gasteiger partial charge is 0.188 e. The zero-order valence-corrected chi connectivity index (χ0v) is 13.0. The van der Waals surface area contributed by atoms with Crippen molar-refractivity contribution >= 4 is 11.8 Å². The van der Waals surface area contributed by atoms with E-state index in [1.54, 1.807) is 11.8 Å². The van der Waals surface area contributed by atoms with E-state index in [9.17, 15) is 0 Å². The third-order valence-corrected chi connectivity index (χ3v) is 4.01. The number of rotatable bonds is 7. The minimum absolute atomic E-state index is 0.489. The molecule has 2 unspecified atom stereocenters. The third kappa shape index (κ3) is 4.94. The Morgan fingerprint density at radius 2 is 1.83 bits per heavy atom. The van der Waals surface area contributed by atoms with Gasteiger partial charge in [0, 0.05) is 22.7 Å². The summed E-state index contributed by atoms with van der Waals surface area (Å²) in [5.41, 5.74) is 2.10. The maximum atomic E-state index is 4.50. The number of nitrogens with one attached hydrogen (secondary N) is 1. The molecule has 0 radical (unpaired) electrons. The molecule has 1 aromatic rings. The molecule has 3 nitrogen and oxygen atoms in total. The molecule has 1 rings (SSSR count). The summed E-state index contributed by atoms with van der Waals surface area (Å²) in [5, 5.41) is 4.98. The van der Waals surface area contributed by atoms with Crippen molar-refractivity contribution in [2.45, 2.75) is 63.9 Å². The number of hydrogen-bond donors (Lipinski definition) is 1. The Hall–Kier alpha value is -0.610. The van der Waals surface area contributed by atoms with Crippen molar-refractivity contribution in [1.29, 1.82) is 0 Å². The highest BCUT2D eigenvalue weighted by Gasteiger charge is 2.17. The van der Waals surface area contributed by atoms with Crippen molar-refractivity contribution in [2.75, 3.05) is 6.54 Å². The van der Waals surface area contributed by atoms with E-state index in [1.165, 1.54) is 6.42 Å². The Labute approximate surface area is 115 Å². The van der Waals surface area contributed by atoms with Crippen LogP contribution >= 0.6 is 11.8 Å². The first-order valence-electron chi connectivity index (χ1n) is 6.79. The Bertz CT molecular complexity index is 348. The molecule has 1 heterocycles. The molecule has 18 heavy (non-hydrogen) atoms. The molecule has 1 aromatic heterocycles. The molecule has 0 amide bonds. The predicted octanol–water partition coefficient (Wildman–Crippen LogP) is 3.35. The first-order chi connectivity index (χ1) is 8.56. The van der Waals surface area contributed by atoms with Crippen molar-refractivity contribution in [3.63, 3.8) is 0 Å². The van der Waals surface area contributed by atoms with Gasteiger partial charge in [0.25, 0.3) is 0 Å². The lowest BCUT2D eigenvalue weighted by molar-refractivity contribution is 0.493. The second-order valence-electron chi connectivity index (χ2n) is 4.73. The molecule has 0 saturated heterocycles. The van der Waals surface area contributed by atoms with Crippen LogP contribution in [-0.2, 0) is 0 Å². The van der Waals surface area contributed by atoms with Crippen LogP contribution < -0.4 is 5.32 Å². The normalized spacial score (nSPS) is 14.5. The van der Waals surface area contributed by atoms with Gasteiger partial charge in [-0.25, -0.2) is 9.97 Å². The topological polar surface area (TPSA) is 37.8 Å². The molecular weight excluding hydrogens is 242 g/mol. The SMILES string of the molecule is CCCNC(CC)C(C)Sc1nc(C)cc(C)n1. The monoisotopic (exact) mass is 267 g/mol. The van der Waals surface area contributed by atoms with E-state index in [-0.39, 0.29) is 0 Å². The highest BCUT2D eigenvalue weighted by molar-refractivity contribution is 7.99. The maximum absolute atomic E-state index is 4.50. The fourth-order valence-electron chi connectivity index (χ4n) is 1.97. The first kappa shape index (κ1) is 15.4. The molecule has 1 N–H and O–H groups in total. The molecule has 0 saturated carbocycles. The molecule has 0 bridgehead atoms. The van der Waals surface area contributed by atoms with Crippen molar-refractivity contribution < 1.29 is 0 Å². The van der Waals surface area contributed by atoms with Crippen LogP contribution in [0.4, 0.5) is 0 Å². The molecular formula is C14H25N3S. The Balaban J connectivity index is 2.63. The lowest BCUT2D eigenvalue weighted by atomic mass is 10.1. The summed E-state index contributed by atoms with van der Waals surface area (Å²) in [7, 11) is 0. The molecule has 4 heteroatoms. The van der Waals surface area contributed by atoms with E-state index >= 15 is 0 Å². The fourth-order valence-corrected chi connectivity index (χ4v) is 3.15. The summed E-state index contributed by atoms with van der Waals surface area (Å²) < 4.78 is 0. The fraction of sp³-hybridized carbons (Fsp3) is 0.714. The van der Waals surface area contributed by atoms with Crippen LogP contribution in [0.25, 0.3) is 0 Å². The van der Waals surface area contributed by atoms with Gasteiger partial charge in [0.15, 0.2) is 5.16 Å². The molecule has 102 valence electrons. The Morgan fingerprint density at radius 1 is 1.22 bits per heavy atom. The number of hydrogen-bond acceptors (Lipinski definition) is 4. The van der Waals surface area contributed by atoms with Crippen molar-refractivity contribution in [2.24, 2.45) is 0 Å².